The number of hydrogen-bond donors (Lipinski definition) is 2. The zero-order valence-corrected chi connectivity index (χ0v) is 15.8. The number of aromatic hydroxyl groups is 1. The van der Waals surface area contributed by atoms with Crippen molar-refractivity contribution in [3.63, 3.8) is 0 Å². The lowest BCUT2D eigenvalue weighted by Crippen LogP contribution is -2.35. The second-order valence-corrected chi connectivity index (χ2v) is 9.08. The fourth-order valence-corrected chi connectivity index (χ4v) is 5.17. The first-order chi connectivity index (χ1) is 13.5. The number of hydrogen-bond acceptors (Lipinski definition) is 6. The topological polar surface area (TPSA) is 96.5 Å². The number of fused-ring (bicyclic) bond motifs is 1. The average Bonchev–Trinajstić information content (AvgIpc) is 2.68. The van der Waals surface area contributed by atoms with E-state index in [-0.39, 0.29) is 23.3 Å². The summed E-state index contributed by atoms with van der Waals surface area (Å²) in [5, 5.41) is 23.7. The van der Waals surface area contributed by atoms with Gasteiger partial charge in [0.1, 0.15) is 11.4 Å². The van der Waals surface area contributed by atoms with Gasteiger partial charge in [-0.3, -0.25) is 0 Å². The number of anilines is 1. The molecule has 2 heterocycles. The Morgan fingerprint density at radius 1 is 1.14 bits per heavy atom. The van der Waals surface area contributed by atoms with E-state index in [1.54, 1.807) is 12.1 Å². The molecule has 0 spiro atoms. The Labute approximate surface area is 162 Å². The van der Waals surface area contributed by atoms with Crippen LogP contribution >= 0.6 is 0 Å². The van der Waals surface area contributed by atoms with E-state index in [1.807, 2.05) is 24.3 Å². The molecule has 1 aliphatic heterocycles. The summed E-state index contributed by atoms with van der Waals surface area (Å²) in [5.41, 5.74) is 1.34. The van der Waals surface area contributed by atoms with E-state index in [1.165, 1.54) is 6.07 Å². The van der Waals surface area contributed by atoms with Gasteiger partial charge >= 0.3 is 0 Å². The van der Waals surface area contributed by atoms with Gasteiger partial charge < -0.3 is 10.4 Å². The van der Waals surface area contributed by atoms with Crippen LogP contribution in [0, 0.1) is 6.57 Å². The quantitative estimate of drug-likeness (QED) is 0.660. The summed E-state index contributed by atoms with van der Waals surface area (Å²) in [6, 6.07) is 12.0. The van der Waals surface area contributed by atoms with Gasteiger partial charge in [0.2, 0.25) is 0 Å². The van der Waals surface area contributed by atoms with Gasteiger partial charge in [0, 0.05) is 22.4 Å². The van der Waals surface area contributed by atoms with Gasteiger partial charge in [-0.2, -0.15) is 0 Å². The van der Waals surface area contributed by atoms with Crippen molar-refractivity contribution < 1.29 is 13.5 Å². The summed E-state index contributed by atoms with van der Waals surface area (Å²) < 4.78 is 23.8. The molecule has 1 fully saturated rings. The highest BCUT2D eigenvalue weighted by Crippen LogP contribution is 2.36. The first-order valence-electron chi connectivity index (χ1n) is 8.90. The lowest BCUT2D eigenvalue weighted by Gasteiger charge is -2.24. The van der Waals surface area contributed by atoms with Crippen LogP contribution < -0.4 is 5.32 Å². The maximum Gasteiger partial charge on any atom is 0.190 e. The Morgan fingerprint density at radius 2 is 1.93 bits per heavy atom. The molecule has 3 aromatic rings. The third kappa shape index (κ3) is 3.49. The van der Waals surface area contributed by atoms with Crippen molar-refractivity contribution in [3.05, 3.63) is 53.9 Å². The van der Waals surface area contributed by atoms with Crippen LogP contribution in [-0.4, -0.2) is 41.3 Å². The molecule has 1 aliphatic rings. The van der Waals surface area contributed by atoms with E-state index in [9.17, 15) is 13.5 Å². The highest BCUT2D eigenvalue weighted by molar-refractivity contribution is 7.91. The lowest BCUT2D eigenvalue weighted by atomic mass is 10.0. The molecule has 4 rings (SSSR count). The van der Waals surface area contributed by atoms with E-state index in [0.29, 0.717) is 29.2 Å². The molecule has 0 saturated carbocycles. The van der Waals surface area contributed by atoms with Crippen molar-refractivity contribution in [1.29, 1.82) is 0 Å². The first kappa shape index (κ1) is 18.2. The Bertz CT molecular complexity index is 1200. The van der Waals surface area contributed by atoms with Crippen LogP contribution in [-0.2, 0) is 9.84 Å². The third-order valence-corrected chi connectivity index (χ3v) is 6.68. The summed E-state index contributed by atoms with van der Waals surface area (Å²) in [7, 11) is -3.04. The van der Waals surface area contributed by atoms with E-state index in [4.69, 9.17) is 6.57 Å². The number of benzene rings is 2. The van der Waals surface area contributed by atoms with Gasteiger partial charge in [0.25, 0.3) is 0 Å². The van der Waals surface area contributed by atoms with Crippen molar-refractivity contribution >= 4 is 32.1 Å². The number of phenolic OH excluding ortho intramolecular Hbond substituents is 1. The highest BCUT2D eigenvalue weighted by Gasteiger charge is 2.25. The Morgan fingerprint density at radius 3 is 2.64 bits per heavy atom. The first-order valence-corrected chi connectivity index (χ1v) is 10.7. The van der Waals surface area contributed by atoms with Crippen molar-refractivity contribution in [2.75, 3.05) is 16.8 Å². The summed E-state index contributed by atoms with van der Waals surface area (Å²) in [6.45, 7) is 7.06. The fraction of sp³-hybridized carbons (Fsp3) is 0.250. The largest absolute Gasteiger partial charge is 0.509 e. The van der Waals surface area contributed by atoms with Gasteiger partial charge in [-0.05, 0) is 18.9 Å². The van der Waals surface area contributed by atoms with Gasteiger partial charge in [0.05, 0.1) is 18.1 Å². The van der Waals surface area contributed by atoms with Crippen LogP contribution in [0.3, 0.4) is 0 Å². The van der Waals surface area contributed by atoms with Crippen LogP contribution in [0.4, 0.5) is 11.5 Å². The standard InChI is InChI=1S/C20H18N4O3S/c1-21-13-8-9-17(18(25)11-13)19-15-6-2-3-7-16(15)20(24-23-19)22-14-5-4-10-28(26,27)12-14/h2-3,6-9,11,14,25H,4-5,10,12H2,(H,22,24)/t14-/m1/s1. The van der Waals surface area contributed by atoms with Crippen LogP contribution in [0.2, 0.25) is 0 Å². The maximum absolute atomic E-state index is 11.9. The molecule has 142 valence electrons. The Kier molecular flexibility index (Phi) is 4.61. The second-order valence-electron chi connectivity index (χ2n) is 6.85. The smallest absolute Gasteiger partial charge is 0.190 e. The Balaban J connectivity index is 1.76. The van der Waals surface area contributed by atoms with Crippen LogP contribution in [0.15, 0.2) is 42.5 Å². The van der Waals surface area contributed by atoms with Gasteiger partial charge in [0.15, 0.2) is 21.3 Å². The van der Waals surface area contributed by atoms with Crippen molar-refractivity contribution in [3.8, 4) is 17.0 Å². The molecule has 2 N–H and O–H groups in total. The predicted molar refractivity (Wildman–Crippen MR) is 108 cm³/mol. The van der Waals surface area contributed by atoms with Crippen molar-refractivity contribution in [2.45, 2.75) is 18.9 Å². The zero-order chi connectivity index (χ0) is 19.7. The van der Waals surface area contributed by atoms with Crippen molar-refractivity contribution in [1.82, 2.24) is 10.2 Å². The average molecular weight is 394 g/mol. The molecular formula is C20H18N4O3S. The molecule has 8 heteroatoms. The van der Waals surface area contributed by atoms with Crippen LogP contribution in [0.5, 0.6) is 5.75 Å². The molecule has 7 nitrogen and oxygen atoms in total. The van der Waals surface area contributed by atoms with Gasteiger partial charge in [-0.25, -0.2) is 13.3 Å². The fourth-order valence-electron chi connectivity index (χ4n) is 3.53. The van der Waals surface area contributed by atoms with Gasteiger partial charge in [-0.1, -0.05) is 36.4 Å². The van der Waals surface area contributed by atoms with E-state index >= 15 is 0 Å². The molecule has 0 amide bonds. The number of nitrogens with zero attached hydrogens (tertiary/aromatic N) is 3. The Hall–Kier alpha value is -3.18. The number of nitrogens with one attached hydrogen (secondary N) is 1. The summed E-state index contributed by atoms with van der Waals surface area (Å²) in [5.74, 6) is 0.811. The summed E-state index contributed by atoms with van der Waals surface area (Å²) in [6.07, 6.45) is 1.39. The molecule has 0 aliphatic carbocycles. The van der Waals surface area contributed by atoms with Gasteiger partial charge in [-0.15, -0.1) is 10.2 Å². The van der Waals surface area contributed by atoms with E-state index in [0.717, 1.165) is 17.2 Å². The molecule has 1 aromatic heterocycles. The number of rotatable bonds is 3. The minimum atomic E-state index is -3.04. The molecule has 0 bridgehead atoms. The number of phenols is 1. The monoisotopic (exact) mass is 394 g/mol. The molecule has 0 unspecified atom stereocenters. The van der Waals surface area contributed by atoms with E-state index in [2.05, 4.69) is 20.4 Å². The maximum atomic E-state index is 11.9. The molecule has 28 heavy (non-hydrogen) atoms. The highest BCUT2D eigenvalue weighted by atomic mass is 32.2. The normalized spacial score (nSPS) is 18.5. The zero-order valence-electron chi connectivity index (χ0n) is 15.0. The molecular weight excluding hydrogens is 376 g/mol. The summed E-state index contributed by atoms with van der Waals surface area (Å²) >= 11 is 0. The minimum Gasteiger partial charge on any atom is -0.509 e. The van der Waals surface area contributed by atoms with Crippen molar-refractivity contribution in [2.24, 2.45) is 0 Å². The molecule has 1 atom stereocenters. The second kappa shape index (κ2) is 7.09. The predicted octanol–water partition coefficient (Wildman–Crippen LogP) is 3.54. The van der Waals surface area contributed by atoms with E-state index < -0.39 is 9.84 Å². The van der Waals surface area contributed by atoms with Crippen LogP contribution in [0.25, 0.3) is 26.9 Å². The molecule has 0 radical (unpaired) electrons. The van der Waals surface area contributed by atoms with Crippen LogP contribution in [0.1, 0.15) is 12.8 Å². The molecule has 1 saturated heterocycles. The lowest BCUT2D eigenvalue weighted by molar-refractivity contribution is 0.477. The minimum absolute atomic E-state index is 0.0352. The molecule has 2 aromatic carbocycles. The summed E-state index contributed by atoms with van der Waals surface area (Å²) in [4.78, 5) is 3.31. The SMILES string of the molecule is [C-]#[N+]c1ccc(-c2nnc(N[C@@H]3CCCS(=O)(=O)C3)c3ccccc23)c(O)c1. The third-order valence-electron chi connectivity index (χ3n) is 4.86. The number of sulfone groups is 1. The number of aromatic nitrogens is 2.